The summed E-state index contributed by atoms with van der Waals surface area (Å²) < 4.78 is 49.2. The van der Waals surface area contributed by atoms with E-state index in [0.717, 1.165) is 0 Å². The molecule has 0 radical (unpaired) electrons. The Labute approximate surface area is 219 Å². The highest BCUT2D eigenvalue weighted by atomic mass is 35.5. The number of ether oxygens (including phenoxy) is 1. The molecule has 3 aromatic carbocycles. The van der Waals surface area contributed by atoms with Gasteiger partial charge in [-0.15, -0.1) is 5.10 Å². The third kappa shape index (κ3) is 4.63. The number of hydrogen-bond acceptors (Lipinski definition) is 6. The first-order valence-corrected chi connectivity index (χ1v) is 11.6. The quantitative estimate of drug-likeness (QED) is 0.310. The van der Waals surface area contributed by atoms with Crippen LogP contribution in [0.5, 0.6) is 5.75 Å². The Morgan fingerprint density at radius 1 is 1.11 bits per heavy atom. The van der Waals surface area contributed by atoms with E-state index >= 15 is 0 Å². The number of carbonyl (C=O) groups excluding carboxylic acids is 1. The van der Waals surface area contributed by atoms with Crippen molar-refractivity contribution in [2.75, 3.05) is 5.32 Å². The van der Waals surface area contributed by atoms with E-state index in [2.05, 4.69) is 20.9 Å². The molecule has 5 rings (SSSR count). The molecule has 0 saturated heterocycles. The lowest BCUT2D eigenvalue weighted by Gasteiger charge is -2.30. The van der Waals surface area contributed by atoms with Crippen LogP contribution >= 0.6 is 11.6 Å². The summed E-state index contributed by atoms with van der Waals surface area (Å²) in [4.78, 5) is 12.5. The van der Waals surface area contributed by atoms with Crippen LogP contribution in [0.3, 0.4) is 0 Å². The third-order valence-electron chi connectivity index (χ3n) is 5.85. The van der Waals surface area contributed by atoms with Crippen LogP contribution in [-0.2, 0) is 10.5 Å². The molecule has 194 valence electrons. The molecule has 4 aromatic rings. The number of hydrogen-bond donors (Lipinski definition) is 3. The van der Waals surface area contributed by atoms with Crippen LogP contribution < -0.4 is 10.7 Å². The first kappa shape index (κ1) is 25.2. The Morgan fingerprint density at radius 3 is 2.47 bits per heavy atom. The van der Waals surface area contributed by atoms with Gasteiger partial charge in [0.2, 0.25) is 5.90 Å². The van der Waals surface area contributed by atoms with Crippen LogP contribution in [-0.4, -0.2) is 32.9 Å². The minimum atomic E-state index is -4.84. The van der Waals surface area contributed by atoms with Gasteiger partial charge in [0, 0.05) is 21.7 Å². The molecule has 1 unspecified atom stereocenters. The number of aromatic nitrogens is 2. The standard InChI is InChI=1S/C26H19ClF3N5O3/c1-15-22(31-23(37)16-7-11-21(36)12-8-16)14-35(33-15)20-9-5-17(6-10-20)24-32-34-25(38-24,26(28,29)30)18-3-2-4-19(27)13-18/h2-14,34,36H,1H3,(H,31,37). The van der Waals surface area contributed by atoms with E-state index < -0.39 is 11.9 Å². The van der Waals surface area contributed by atoms with Gasteiger partial charge >= 0.3 is 11.9 Å². The Hall–Kier alpha value is -4.51. The highest BCUT2D eigenvalue weighted by molar-refractivity contribution is 6.30. The van der Waals surface area contributed by atoms with Crippen LogP contribution in [0.15, 0.2) is 84.1 Å². The molecule has 0 spiro atoms. The Morgan fingerprint density at radius 2 is 1.82 bits per heavy atom. The molecule has 1 aliphatic heterocycles. The van der Waals surface area contributed by atoms with E-state index in [1.165, 1.54) is 53.2 Å². The summed E-state index contributed by atoms with van der Waals surface area (Å²) in [5, 5.41) is 20.5. The number of nitrogens with zero attached hydrogens (tertiary/aromatic N) is 3. The molecule has 2 heterocycles. The van der Waals surface area contributed by atoms with Crippen molar-refractivity contribution in [2.45, 2.75) is 18.8 Å². The van der Waals surface area contributed by atoms with Crippen molar-refractivity contribution in [1.82, 2.24) is 15.2 Å². The molecule has 1 amide bonds. The second kappa shape index (κ2) is 9.42. The van der Waals surface area contributed by atoms with Gasteiger partial charge in [-0.1, -0.05) is 23.7 Å². The number of halogens is 4. The lowest BCUT2D eigenvalue weighted by Crippen LogP contribution is -2.51. The molecule has 3 N–H and O–H groups in total. The maximum Gasteiger partial charge on any atom is 0.455 e. The van der Waals surface area contributed by atoms with Crippen molar-refractivity contribution in [3.05, 3.63) is 106 Å². The summed E-state index contributed by atoms with van der Waals surface area (Å²) >= 11 is 5.91. The number of carbonyl (C=O) groups is 1. The van der Waals surface area contributed by atoms with Crippen LogP contribution in [0.2, 0.25) is 5.02 Å². The van der Waals surface area contributed by atoms with E-state index in [1.54, 1.807) is 37.4 Å². The number of anilines is 1. The number of nitrogens with one attached hydrogen (secondary N) is 2. The van der Waals surface area contributed by atoms with Gasteiger partial charge in [0.1, 0.15) is 5.75 Å². The molecule has 8 nitrogen and oxygen atoms in total. The SMILES string of the molecule is Cc1nn(-c2ccc(C3=NNC(c4cccc(Cl)c4)(C(F)(F)F)O3)cc2)cc1NC(=O)c1ccc(O)cc1. The number of benzene rings is 3. The van der Waals surface area contributed by atoms with E-state index in [4.69, 9.17) is 16.3 Å². The number of phenolic OH excluding ortho intramolecular Hbond substituents is 1. The maximum absolute atomic E-state index is 14.1. The average molecular weight is 542 g/mol. The van der Waals surface area contributed by atoms with Crippen molar-refractivity contribution >= 4 is 29.1 Å². The zero-order valence-corrected chi connectivity index (χ0v) is 20.4. The fourth-order valence-electron chi connectivity index (χ4n) is 3.84. The zero-order valence-electron chi connectivity index (χ0n) is 19.6. The highest BCUT2D eigenvalue weighted by Crippen LogP contribution is 2.43. The largest absolute Gasteiger partial charge is 0.508 e. The Bertz CT molecular complexity index is 1540. The van der Waals surface area contributed by atoms with E-state index in [9.17, 15) is 23.1 Å². The number of hydrazone groups is 1. The fraction of sp³-hybridized carbons (Fsp3) is 0.115. The van der Waals surface area contributed by atoms with E-state index in [-0.39, 0.29) is 28.1 Å². The van der Waals surface area contributed by atoms with E-state index in [1.807, 2.05) is 0 Å². The lowest BCUT2D eigenvalue weighted by molar-refractivity contribution is -0.265. The molecule has 38 heavy (non-hydrogen) atoms. The molecular weight excluding hydrogens is 523 g/mol. The second-order valence-electron chi connectivity index (χ2n) is 8.44. The summed E-state index contributed by atoms with van der Waals surface area (Å²) in [7, 11) is 0. The molecule has 0 saturated carbocycles. The van der Waals surface area contributed by atoms with E-state index in [0.29, 0.717) is 28.2 Å². The average Bonchev–Trinajstić information content (AvgIpc) is 3.50. The first-order valence-electron chi connectivity index (χ1n) is 11.2. The van der Waals surface area contributed by atoms with Gasteiger partial charge in [-0.05, 0) is 67.6 Å². The minimum Gasteiger partial charge on any atom is -0.508 e. The topological polar surface area (TPSA) is 101 Å². The second-order valence-corrected chi connectivity index (χ2v) is 8.88. The van der Waals surface area contributed by atoms with Crippen LogP contribution in [0.4, 0.5) is 18.9 Å². The molecule has 1 aliphatic rings. The third-order valence-corrected chi connectivity index (χ3v) is 6.09. The van der Waals surface area contributed by atoms with Crippen molar-refractivity contribution < 1.29 is 27.8 Å². The molecule has 0 aliphatic carbocycles. The van der Waals surface area contributed by atoms with Crippen molar-refractivity contribution in [1.29, 1.82) is 0 Å². The molecule has 0 bridgehead atoms. The first-order chi connectivity index (χ1) is 18.1. The lowest BCUT2D eigenvalue weighted by atomic mass is 10.0. The van der Waals surface area contributed by atoms with Gasteiger partial charge in [0.25, 0.3) is 5.91 Å². The smallest absolute Gasteiger partial charge is 0.455 e. The Balaban J connectivity index is 1.34. The summed E-state index contributed by atoms with van der Waals surface area (Å²) in [5.41, 5.74) is 1.26. The maximum atomic E-state index is 14.1. The number of rotatable bonds is 5. The van der Waals surface area contributed by atoms with Crippen molar-refractivity contribution in [2.24, 2.45) is 5.10 Å². The number of amides is 1. The number of phenols is 1. The molecular formula is C26H19ClF3N5O3. The van der Waals surface area contributed by atoms with Gasteiger partial charge < -0.3 is 15.2 Å². The number of alkyl halides is 3. The van der Waals surface area contributed by atoms with Crippen LogP contribution in [0.1, 0.15) is 27.2 Å². The van der Waals surface area contributed by atoms with Gasteiger partial charge in [-0.25, -0.2) is 4.68 Å². The van der Waals surface area contributed by atoms with Crippen molar-refractivity contribution in [3.8, 4) is 11.4 Å². The van der Waals surface area contributed by atoms with Crippen molar-refractivity contribution in [3.63, 3.8) is 0 Å². The predicted octanol–water partition coefficient (Wildman–Crippen LogP) is 5.49. The monoisotopic (exact) mass is 541 g/mol. The summed E-state index contributed by atoms with van der Waals surface area (Å²) in [6.07, 6.45) is -3.22. The van der Waals surface area contributed by atoms with Gasteiger partial charge in [0.05, 0.1) is 23.3 Å². The van der Waals surface area contributed by atoms with Crippen LogP contribution in [0.25, 0.3) is 5.69 Å². The van der Waals surface area contributed by atoms with Gasteiger partial charge in [-0.2, -0.15) is 18.3 Å². The number of aryl methyl sites for hydroxylation is 1. The fourth-order valence-corrected chi connectivity index (χ4v) is 4.03. The predicted molar refractivity (Wildman–Crippen MR) is 134 cm³/mol. The molecule has 1 atom stereocenters. The normalized spacial score (nSPS) is 16.9. The zero-order chi connectivity index (χ0) is 27.1. The van der Waals surface area contributed by atoms with Gasteiger partial charge in [0.15, 0.2) is 0 Å². The minimum absolute atomic E-state index is 0.0484. The summed E-state index contributed by atoms with van der Waals surface area (Å²) in [6.45, 7) is 1.72. The summed E-state index contributed by atoms with van der Waals surface area (Å²) in [5.74, 6) is -0.570. The summed E-state index contributed by atoms with van der Waals surface area (Å²) in [6, 6.07) is 17.5. The van der Waals surface area contributed by atoms with Crippen LogP contribution in [0, 0.1) is 6.92 Å². The highest BCUT2D eigenvalue weighted by Gasteiger charge is 2.62. The number of aromatic hydroxyl groups is 1. The van der Waals surface area contributed by atoms with Gasteiger partial charge in [-0.3, -0.25) is 10.2 Å². The molecule has 0 fully saturated rings. The molecule has 1 aromatic heterocycles. The molecule has 12 heteroatoms. The Kier molecular flexibility index (Phi) is 6.23.